The summed E-state index contributed by atoms with van der Waals surface area (Å²) in [6.07, 6.45) is 5.95. The van der Waals surface area contributed by atoms with Crippen molar-refractivity contribution in [3.8, 4) is 5.95 Å². The zero-order chi connectivity index (χ0) is 19.7. The number of rotatable bonds is 5. The predicted octanol–water partition coefficient (Wildman–Crippen LogP) is 2.19. The first-order valence-corrected chi connectivity index (χ1v) is 8.06. The van der Waals surface area contributed by atoms with Crippen molar-refractivity contribution in [2.24, 2.45) is 10.2 Å². The molecule has 0 saturated carbocycles. The average molecular weight is 378 g/mol. The van der Waals surface area contributed by atoms with Gasteiger partial charge in [-0.2, -0.15) is 9.78 Å². The lowest BCUT2D eigenvalue weighted by molar-refractivity contribution is 0.0601. The Kier molecular flexibility index (Phi) is 4.20. The molecule has 0 radical (unpaired) electrons. The number of ether oxygens (including phenoxy) is 1. The third-order valence-corrected chi connectivity index (χ3v) is 3.74. The van der Waals surface area contributed by atoms with Crippen LogP contribution < -0.4 is 0 Å². The van der Waals surface area contributed by atoms with Gasteiger partial charge in [0.05, 0.1) is 13.3 Å². The molecule has 0 aromatic carbocycles. The Labute approximate surface area is 157 Å². The molecule has 4 aromatic heterocycles. The van der Waals surface area contributed by atoms with Crippen LogP contribution in [0.25, 0.3) is 17.7 Å². The van der Waals surface area contributed by atoms with Crippen LogP contribution in [0.15, 0.2) is 41.5 Å². The van der Waals surface area contributed by atoms with Crippen molar-refractivity contribution in [1.29, 1.82) is 0 Å². The molecule has 0 aliphatic rings. The molecule has 0 atom stereocenters. The summed E-state index contributed by atoms with van der Waals surface area (Å²) in [5.41, 5.74) is 1.54. The van der Waals surface area contributed by atoms with E-state index < -0.39 is 5.97 Å². The molecule has 12 nitrogen and oxygen atoms in total. The molecule has 0 amide bonds. The molecule has 0 unspecified atom stereocenters. The maximum atomic E-state index is 12.1. The minimum absolute atomic E-state index is 0.114. The van der Waals surface area contributed by atoms with Crippen molar-refractivity contribution < 1.29 is 9.53 Å². The van der Waals surface area contributed by atoms with Crippen LogP contribution in [0.4, 0.5) is 11.5 Å². The van der Waals surface area contributed by atoms with Crippen LogP contribution in [0.2, 0.25) is 0 Å². The van der Waals surface area contributed by atoms with Crippen molar-refractivity contribution in [3.63, 3.8) is 0 Å². The van der Waals surface area contributed by atoms with E-state index in [1.165, 1.54) is 28.7 Å². The molecule has 0 spiro atoms. The number of esters is 1. The second-order valence-electron chi connectivity index (χ2n) is 5.52. The first-order chi connectivity index (χ1) is 13.6. The van der Waals surface area contributed by atoms with Crippen LogP contribution in [0.3, 0.4) is 0 Å². The fourth-order valence-electron chi connectivity index (χ4n) is 2.51. The van der Waals surface area contributed by atoms with E-state index in [4.69, 9.17) is 4.74 Å². The number of hydrogen-bond acceptors (Lipinski definition) is 9. The van der Waals surface area contributed by atoms with Crippen LogP contribution in [-0.4, -0.2) is 52.6 Å². The standard InChI is InChI=1S/C16H14N10O2/c1-4-11-12(14-20-9(2)23-26(14)24-11)21-22-13-10(15(27)28-3)8-19-25(13)16-17-6-5-7-18-16/h4-8H,1H2,2-3H3,(H,20,23)/b22-21+. The van der Waals surface area contributed by atoms with Gasteiger partial charge in [0, 0.05) is 12.4 Å². The number of carbonyl (C=O) groups is 1. The molecule has 0 saturated heterocycles. The quantitative estimate of drug-likeness (QED) is 0.414. The number of H-pyrrole nitrogens is 1. The van der Waals surface area contributed by atoms with E-state index in [2.05, 4.69) is 47.1 Å². The summed E-state index contributed by atoms with van der Waals surface area (Å²) in [7, 11) is 1.27. The number of aryl methyl sites for hydroxylation is 1. The molecule has 0 aliphatic heterocycles. The summed E-state index contributed by atoms with van der Waals surface area (Å²) < 4.78 is 7.49. The Morgan fingerprint density at radius 3 is 2.79 bits per heavy atom. The normalized spacial score (nSPS) is 11.4. The molecule has 0 bridgehead atoms. The number of aromatic nitrogens is 8. The topological polar surface area (TPSA) is 141 Å². The lowest BCUT2D eigenvalue weighted by Gasteiger charge is -2.02. The third kappa shape index (κ3) is 2.82. The lowest BCUT2D eigenvalue weighted by Crippen LogP contribution is -2.03. The molecule has 28 heavy (non-hydrogen) atoms. The summed E-state index contributed by atoms with van der Waals surface area (Å²) in [6, 6.07) is 1.66. The molecule has 12 heteroatoms. The molecule has 1 N–H and O–H groups in total. The van der Waals surface area contributed by atoms with Crippen LogP contribution in [-0.2, 0) is 4.74 Å². The fraction of sp³-hybridized carbons (Fsp3) is 0.125. The Bertz CT molecular complexity index is 1200. The van der Waals surface area contributed by atoms with Gasteiger partial charge in [-0.05, 0) is 19.1 Å². The Morgan fingerprint density at radius 1 is 1.29 bits per heavy atom. The second kappa shape index (κ2) is 6.83. The molecule has 4 heterocycles. The van der Waals surface area contributed by atoms with Gasteiger partial charge in [0.1, 0.15) is 17.1 Å². The van der Waals surface area contributed by atoms with Crippen molar-refractivity contribution in [2.45, 2.75) is 6.92 Å². The lowest BCUT2D eigenvalue weighted by atomic mass is 10.3. The van der Waals surface area contributed by atoms with E-state index in [-0.39, 0.29) is 17.3 Å². The van der Waals surface area contributed by atoms with Crippen LogP contribution in [0, 0.1) is 6.92 Å². The summed E-state index contributed by atoms with van der Waals surface area (Å²) in [5, 5.41) is 21.1. The SMILES string of the molecule is C=Cc1nn2nc(C)[nH]c2c1/N=N/c1c(C(=O)OC)cnn1-c1ncccn1. The largest absolute Gasteiger partial charge is 0.465 e. The Balaban J connectivity index is 1.86. The van der Waals surface area contributed by atoms with Crippen LogP contribution in [0.5, 0.6) is 0 Å². The number of hydrogen-bond donors (Lipinski definition) is 1. The molecule has 140 valence electrons. The highest BCUT2D eigenvalue weighted by atomic mass is 16.5. The van der Waals surface area contributed by atoms with E-state index in [9.17, 15) is 4.79 Å². The van der Waals surface area contributed by atoms with Gasteiger partial charge < -0.3 is 9.72 Å². The molecular weight excluding hydrogens is 364 g/mol. The first-order valence-electron chi connectivity index (χ1n) is 8.06. The van der Waals surface area contributed by atoms with Crippen molar-refractivity contribution in [1.82, 2.24) is 39.6 Å². The minimum Gasteiger partial charge on any atom is -0.465 e. The second-order valence-corrected chi connectivity index (χ2v) is 5.52. The highest BCUT2D eigenvalue weighted by Gasteiger charge is 2.21. The van der Waals surface area contributed by atoms with E-state index in [0.29, 0.717) is 22.9 Å². The van der Waals surface area contributed by atoms with Crippen LogP contribution in [0.1, 0.15) is 21.9 Å². The van der Waals surface area contributed by atoms with Gasteiger partial charge >= 0.3 is 5.97 Å². The first kappa shape index (κ1) is 17.2. The molecule has 0 aliphatic carbocycles. The van der Waals surface area contributed by atoms with E-state index >= 15 is 0 Å². The number of nitrogens with zero attached hydrogens (tertiary/aromatic N) is 9. The van der Waals surface area contributed by atoms with Gasteiger partial charge in [0.25, 0.3) is 5.95 Å². The number of nitrogens with one attached hydrogen (secondary N) is 1. The Hall–Kier alpha value is -4.22. The minimum atomic E-state index is -0.613. The van der Waals surface area contributed by atoms with E-state index in [1.807, 2.05) is 0 Å². The smallest absolute Gasteiger partial charge is 0.343 e. The summed E-state index contributed by atoms with van der Waals surface area (Å²) in [5.74, 6) is 0.391. The molecular formula is C16H14N10O2. The maximum absolute atomic E-state index is 12.1. The monoisotopic (exact) mass is 378 g/mol. The van der Waals surface area contributed by atoms with Crippen LogP contribution >= 0.6 is 0 Å². The van der Waals surface area contributed by atoms with Crippen molar-refractivity contribution in [3.05, 3.63) is 48.3 Å². The maximum Gasteiger partial charge on any atom is 0.343 e. The van der Waals surface area contributed by atoms with Gasteiger partial charge in [-0.1, -0.05) is 6.58 Å². The van der Waals surface area contributed by atoms with Crippen molar-refractivity contribution in [2.75, 3.05) is 7.11 Å². The highest BCUT2D eigenvalue weighted by Crippen LogP contribution is 2.29. The van der Waals surface area contributed by atoms with Gasteiger partial charge in [0.15, 0.2) is 17.2 Å². The predicted molar refractivity (Wildman–Crippen MR) is 96.8 cm³/mol. The summed E-state index contributed by atoms with van der Waals surface area (Å²) in [6.45, 7) is 5.52. The van der Waals surface area contributed by atoms with Gasteiger partial charge in [0.2, 0.25) is 0 Å². The number of aromatic amines is 1. The number of carbonyl (C=O) groups excluding carboxylic acids is 1. The van der Waals surface area contributed by atoms with E-state index in [1.54, 1.807) is 25.4 Å². The number of fused-ring (bicyclic) bond motifs is 1. The third-order valence-electron chi connectivity index (χ3n) is 3.74. The highest BCUT2D eigenvalue weighted by molar-refractivity contribution is 5.94. The average Bonchev–Trinajstić information content (AvgIpc) is 3.38. The molecule has 4 rings (SSSR count). The van der Waals surface area contributed by atoms with Crippen molar-refractivity contribution >= 4 is 29.2 Å². The van der Waals surface area contributed by atoms with Gasteiger partial charge in [-0.25, -0.2) is 14.8 Å². The molecule has 0 fully saturated rings. The number of methoxy groups -OCH3 is 1. The molecule has 4 aromatic rings. The Morgan fingerprint density at radius 2 is 2.07 bits per heavy atom. The zero-order valence-electron chi connectivity index (χ0n) is 14.9. The zero-order valence-corrected chi connectivity index (χ0v) is 14.9. The van der Waals surface area contributed by atoms with E-state index in [0.717, 1.165) is 0 Å². The summed E-state index contributed by atoms with van der Waals surface area (Å²) in [4.78, 5) is 23.4. The van der Waals surface area contributed by atoms with Gasteiger partial charge in [-0.3, -0.25) is 0 Å². The van der Waals surface area contributed by atoms with Gasteiger partial charge in [-0.15, -0.1) is 25.1 Å². The fourth-order valence-corrected chi connectivity index (χ4v) is 2.51. The summed E-state index contributed by atoms with van der Waals surface area (Å²) >= 11 is 0. The number of azo groups is 1.